The predicted octanol–water partition coefficient (Wildman–Crippen LogP) is 3.46. The van der Waals surface area contributed by atoms with E-state index >= 15 is 0 Å². The summed E-state index contributed by atoms with van der Waals surface area (Å²) >= 11 is 0. The zero-order chi connectivity index (χ0) is 15.3. The molecule has 1 heterocycles. The fraction of sp³-hybridized carbons (Fsp3) is 0.684. The number of hydrogen-bond acceptors (Lipinski definition) is 2. The van der Waals surface area contributed by atoms with Crippen LogP contribution in [0.25, 0.3) is 0 Å². The molecule has 3 heteroatoms. The predicted molar refractivity (Wildman–Crippen MR) is 84.8 cm³/mol. The van der Waals surface area contributed by atoms with Crippen molar-refractivity contribution in [2.24, 2.45) is 23.2 Å². The van der Waals surface area contributed by atoms with Crippen molar-refractivity contribution in [2.45, 2.75) is 57.4 Å². The first-order valence-corrected chi connectivity index (χ1v) is 8.85. The molecule has 22 heavy (non-hydrogen) atoms. The number of carbonyl (C=O) groups is 2. The fourth-order valence-corrected chi connectivity index (χ4v) is 5.53. The van der Waals surface area contributed by atoms with E-state index in [9.17, 15) is 9.59 Å². The third kappa shape index (κ3) is 1.80. The second kappa shape index (κ2) is 5.07. The molecule has 0 N–H and O–H groups in total. The number of fused-ring (bicyclic) bond motifs is 5. The number of nitrogens with zero attached hydrogens (tertiary/aromatic N) is 1. The van der Waals surface area contributed by atoms with Crippen LogP contribution in [-0.4, -0.2) is 22.8 Å². The lowest BCUT2D eigenvalue weighted by Crippen LogP contribution is -2.43. The highest BCUT2D eigenvalue weighted by Crippen LogP contribution is 2.62. The van der Waals surface area contributed by atoms with E-state index in [4.69, 9.17) is 0 Å². The van der Waals surface area contributed by atoms with Crippen LogP contribution in [0, 0.1) is 23.2 Å². The molecule has 1 aliphatic heterocycles. The summed E-state index contributed by atoms with van der Waals surface area (Å²) in [6.07, 6.45) is 14.8. The van der Waals surface area contributed by atoms with E-state index in [0.717, 1.165) is 44.9 Å². The zero-order valence-electron chi connectivity index (χ0n) is 13.2. The van der Waals surface area contributed by atoms with Gasteiger partial charge in [0.1, 0.15) is 0 Å². The maximum atomic E-state index is 13.1. The first-order chi connectivity index (χ1) is 10.7. The summed E-state index contributed by atoms with van der Waals surface area (Å²) in [6, 6.07) is 0.176. The molecule has 3 nitrogen and oxygen atoms in total. The Labute approximate surface area is 132 Å². The molecule has 2 amide bonds. The minimum absolute atomic E-state index is 0.0655. The van der Waals surface area contributed by atoms with Gasteiger partial charge in [0.2, 0.25) is 11.8 Å². The second-order valence-corrected chi connectivity index (χ2v) is 7.63. The lowest BCUT2D eigenvalue weighted by Gasteiger charge is -2.33. The maximum absolute atomic E-state index is 13.1. The van der Waals surface area contributed by atoms with E-state index in [1.54, 1.807) is 4.90 Å². The third-order valence-electron chi connectivity index (χ3n) is 6.51. The Balaban J connectivity index is 1.63. The maximum Gasteiger partial charge on any atom is 0.234 e. The van der Waals surface area contributed by atoms with Crippen LogP contribution >= 0.6 is 0 Å². The van der Waals surface area contributed by atoms with Crippen LogP contribution in [0.2, 0.25) is 0 Å². The molecule has 2 saturated carbocycles. The average Bonchev–Trinajstić information content (AvgIpc) is 3.17. The molecule has 4 aliphatic rings. The molecule has 3 aliphatic carbocycles. The van der Waals surface area contributed by atoms with Crippen LogP contribution in [0.4, 0.5) is 0 Å². The van der Waals surface area contributed by atoms with Crippen LogP contribution in [-0.2, 0) is 9.59 Å². The summed E-state index contributed by atoms with van der Waals surface area (Å²) < 4.78 is 0. The largest absolute Gasteiger partial charge is 0.279 e. The van der Waals surface area contributed by atoms with Gasteiger partial charge in [-0.1, -0.05) is 37.5 Å². The molecule has 0 aromatic rings. The van der Waals surface area contributed by atoms with Gasteiger partial charge in [-0.2, -0.15) is 0 Å². The molecule has 118 valence electrons. The molecular formula is C19H25NO2. The number of allylic oxidation sites excluding steroid dienone is 3. The van der Waals surface area contributed by atoms with Crippen molar-refractivity contribution in [3.63, 3.8) is 0 Å². The summed E-state index contributed by atoms with van der Waals surface area (Å²) in [7, 11) is 0. The number of likely N-dealkylation sites (tertiary alicyclic amines) is 1. The number of rotatable bonds is 4. The van der Waals surface area contributed by atoms with Crippen LogP contribution in [0.5, 0.6) is 0 Å². The first kappa shape index (κ1) is 14.2. The lowest BCUT2D eigenvalue weighted by molar-refractivity contribution is -0.144. The molecular weight excluding hydrogens is 274 g/mol. The van der Waals surface area contributed by atoms with Crippen molar-refractivity contribution >= 4 is 11.8 Å². The number of amides is 2. The highest BCUT2D eigenvalue weighted by atomic mass is 16.2. The SMILES string of the molecule is C=CCCC12C=CC(C1)C1C(=O)N(C3CCCCC3)C(=O)C12. The van der Waals surface area contributed by atoms with Crippen molar-refractivity contribution in [1.29, 1.82) is 0 Å². The van der Waals surface area contributed by atoms with Gasteiger partial charge in [-0.3, -0.25) is 14.5 Å². The second-order valence-electron chi connectivity index (χ2n) is 7.63. The van der Waals surface area contributed by atoms with Crippen LogP contribution in [0.15, 0.2) is 24.8 Å². The molecule has 2 bridgehead atoms. The monoisotopic (exact) mass is 299 g/mol. The summed E-state index contributed by atoms with van der Waals surface area (Å²) in [5, 5.41) is 0. The van der Waals surface area contributed by atoms with E-state index in [0.29, 0.717) is 5.92 Å². The summed E-state index contributed by atoms with van der Waals surface area (Å²) in [5.74, 6) is 0.413. The van der Waals surface area contributed by atoms with Crippen LogP contribution in [0.1, 0.15) is 51.4 Å². The summed E-state index contributed by atoms with van der Waals surface area (Å²) in [6.45, 7) is 3.82. The normalized spacial score (nSPS) is 40.5. The minimum Gasteiger partial charge on any atom is -0.279 e. The van der Waals surface area contributed by atoms with Gasteiger partial charge < -0.3 is 0 Å². The van der Waals surface area contributed by atoms with Gasteiger partial charge in [0.15, 0.2) is 0 Å². The van der Waals surface area contributed by atoms with Gasteiger partial charge in [-0.15, -0.1) is 6.58 Å². The van der Waals surface area contributed by atoms with E-state index in [1.807, 2.05) is 6.08 Å². The molecule has 4 atom stereocenters. The van der Waals surface area contributed by atoms with Gasteiger partial charge in [0.05, 0.1) is 11.8 Å². The van der Waals surface area contributed by atoms with E-state index in [2.05, 4.69) is 18.7 Å². The van der Waals surface area contributed by atoms with Gasteiger partial charge in [-0.05, 0) is 38.0 Å². The molecule has 4 rings (SSSR count). The Hall–Kier alpha value is -1.38. The first-order valence-electron chi connectivity index (χ1n) is 8.85. The minimum atomic E-state index is -0.0862. The standard InChI is InChI=1S/C19H25NO2/c1-2-3-10-19-11-9-13(12-19)15-16(19)18(22)20(17(15)21)14-7-5-4-6-8-14/h2,9,11,13-16H,1,3-8,10,12H2. The Morgan fingerprint density at radius 2 is 2.00 bits per heavy atom. The van der Waals surface area contributed by atoms with Crippen molar-refractivity contribution in [3.05, 3.63) is 24.8 Å². The third-order valence-corrected chi connectivity index (χ3v) is 6.51. The van der Waals surface area contributed by atoms with Crippen molar-refractivity contribution in [1.82, 2.24) is 4.90 Å². The van der Waals surface area contributed by atoms with Crippen LogP contribution in [0.3, 0.4) is 0 Å². The van der Waals surface area contributed by atoms with Crippen LogP contribution < -0.4 is 0 Å². The van der Waals surface area contributed by atoms with Crippen molar-refractivity contribution in [3.8, 4) is 0 Å². The Morgan fingerprint density at radius 1 is 1.23 bits per heavy atom. The number of carbonyl (C=O) groups excluding carboxylic acids is 2. The number of hydrogen-bond donors (Lipinski definition) is 0. The molecule has 0 aromatic heterocycles. The summed E-state index contributed by atoms with van der Waals surface area (Å²) in [4.78, 5) is 27.7. The Morgan fingerprint density at radius 3 is 2.73 bits per heavy atom. The summed E-state index contributed by atoms with van der Waals surface area (Å²) in [5.41, 5.74) is -0.0698. The van der Waals surface area contributed by atoms with Gasteiger partial charge >= 0.3 is 0 Å². The van der Waals surface area contributed by atoms with E-state index < -0.39 is 0 Å². The lowest BCUT2D eigenvalue weighted by atomic mass is 9.72. The molecule has 0 aromatic carbocycles. The Kier molecular flexibility index (Phi) is 3.28. The Bertz CT molecular complexity index is 546. The van der Waals surface area contributed by atoms with Gasteiger partial charge in [0.25, 0.3) is 0 Å². The topological polar surface area (TPSA) is 37.4 Å². The molecule has 3 fully saturated rings. The van der Waals surface area contributed by atoms with Gasteiger partial charge in [-0.25, -0.2) is 0 Å². The van der Waals surface area contributed by atoms with E-state index in [1.165, 1.54) is 6.42 Å². The average molecular weight is 299 g/mol. The highest BCUT2D eigenvalue weighted by molar-refractivity contribution is 6.07. The number of imide groups is 1. The van der Waals surface area contributed by atoms with Crippen molar-refractivity contribution in [2.75, 3.05) is 0 Å². The highest BCUT2D eigenvalue weighted by Gasteiger charge is 2.66. The fourth-order valence-electron chi connectivity index (χ4n) is 5.53. The molecule has 1 saturated heterocycles. The molecule has 4 unspecified atom stereocenters. The molecule has 0 radical (unpaired) electrons. The van der Waals surface area contributed by atoms with Gasteiger partial charge in [0, 0.05) is 11.5 Å². The zero-order valence-corrected chi connectivity index (χ0v) is 13.2. The van der Waals surface area contributed by atoms with Crippen molar-refractivity contribution < 1.29 is 9.59 Å². The van der Waals surface area contributed by atoms with E-state index in [-0.39, 0.29) is 35.1 Å². The quantitative estimate of drug-likeness (QED) is 0.589. The molecule has 0 spiro atoms. The smallest absolute Gasteiger partial charge is 0.234 e.